The minimum absolute atomic E-state index is 0.174. The van der Waals surface area contributed by atoms with Crippen molar-refractivity contribution in [2.75, 3.05) is 27.3 Å². The second-order valence-electron chi connectivity index (χ2n) is 3.95. The highest BCUT2D eigenvalue weighted by atomic mass is 16.4. The number of nitrogens with zero attached hydrogens (tertiary/aromatic N) is 1. The number of carbonyl (C=O) groups is 1. The van der Waals surface area contributed by atoms with Gasteiger partial charge in [-0.25, -0.2) is 0 Å². The summed E-state index contributed by atoms with van der Waals surface area (Å²) in [6.45, 7) is 5.90. The van der Waals surface area contributed by atoms with Gasteiger partial charge in [-0.3, -0.25) is 4.79 Å². The lowest BCUT2D eigenvalue weighted by molar-refractivity contribution is -0.135. The third-order valence-electron chi connectivity index (χ3n) is 2.16. The van der Waals surface area contributed by atoms with Gasteiger partial charge in [0.25, 0.3) is 0 Å². The minimum Gasteiger partial charge on any atom is -0.388 e. The molecule has 1 heterocycles. The van der Waals surface area contributed by atoms with Crippen molar-refractivity contribution in [2.24, 2.45) is 5.92 Å². The van der Waals surface area contributed by atoms with Gasteiger partial charge in [-0.05, 0) is 19.3 Å². The van der Waals surface area contributed by atoms with Crippen LogP contribution in [-0.4, -0.2) is 38.1 Å². The Morgan fingerprint density at radius 2 is 1.57 bits per heavy atom. The van der Waals surface area contributed by atoms with Gasteiger partial charge in [-0.2, -0.15) is 0 Å². The molecule has 3 heteroatoms. The molecular weight excluding hydrogens is 178 g/mol. The van der Waals surface area contributed by atoms with Crippen molar-refractivity contribution in [1.29, 1.82) is 0 Å². The molecule has 84 valence electrons. The quantitative estimate of drug-likeness (QED) is 0.648. The molecule has 0 aromatic carbocycles. The molecule has 0 saturated carbocycles. The molecule has 0 spiro atoms. The molecule has 0 bridgehead atoms. The van der Waals surface area contributed by atoms with Crippen LogP contribution in [0.15, 0.2) is 0 Å². The molecule has 0 atom stereocenters. The number of likely N-dealkylation sites (tertiary alicyclic amines) is 1. The molecule has 14 heavy (non-hydrogen) atoms. The average Bonchev–Trinajstić information content (AvgIpc) is 2.19. The first-order valence-electron chi connectivity index (χ1n) is 5.32. The van der Waals surface area contributed by atoms with Gasteiger partial charge >= 0.3 is 0 Å². The lowest BCUT2D eigenvalue weighted by Crippen LogP contribution is -2.38. The molecule has 1 aliphatic rings. The van der Waals surface area contributed by atoms with Crippen LogP contribution in [0, 0.1) is 5.92 Å². The van der Waals surface area contributed by atoms with E-state index in [1.807, 2.05) is 18.7 Å². The second-order valence-corrected chi connectivity index (χ2v) is 3.95. The zero-order valence-corrected chi connectivity index (χ0v) is 9.88. The predicted octanol–water partition coefficient (Wildman–Crippen LogP) is 1.92. The molecule has 1 aliphatic heterocycles. The Morgan fingerprint density at radius 3 is 1.93 bits per heavy atom. The van der Waals surface area contributed by atoms with Crippen molar-refractivity contribution in [2.45, 2.75) is 33.1 Å². The summed E-state index contributed by atoms with van der Waals surface area (Å²) in [7, 11) is 3.25. The van der Waals surface area contributed by atoms with Crippen LogP contribution >= 0.6 is 0 Å². The molecule has 0 unspecified atom stereocenters. The summed E-state index contributed by atoms with van der Waals surface area (Å²) in [6.07, 6.45) is 3.68. The molecule has 0 N–H and O–H groups in total. The van der Waals surface area contributed by atoms with Crippen LogP contribution in [0.2, 0.25) is 0 Å². The summed E-state index contributed by atoms with van der Waals surface area (Å²) in [5.74, 6) is 0.498. The van der Waals surface area contributed by atoms with Crippen molar-refractivity contribution < 1.29 is 9.53 Å². The Bertz CT molecular complexity index is 151. The maximum absolute atomic E-state index is 11.4. The number of piperidine rings is 1. The molecule has 1 rings (SSSR count). The molecule has 0 aliphatic carbocycles. The van der Waals surface area contributed by atoms with E-state index < -0.39 is 0 Å². The average molecular weight is 201 g/mol. The van der Waals surface area contributed by atoms with Gasteiger partial charge in [0, 0.05) is 33.2 Å². The van der Waals surface area contributed by atoms with E-state index in [-0.39, 0.29) is 5.92 Å². The van der Waals surface area contributed by atoms with E-state index in [0.29, 0.717) is 5.91 Å². The summed E-state index contributed by atoms with van der Waals surface area (Å²) in [5, 5.41) is 0. The Hall–Kier alpha value is -0.570. The molecule has 1 amide bonds. The number of carbonyl (C=O) groups excluding carboxylic acids is 1. The lowest BCUT2D eigenvalue weighted by Gasteiger charge is -2.28. The van der Waals surface area contributed by atoms with E-state index in [1.165, 1.54) is 19.3 Å². The maximum Gasteiger partial charge on any atom is 0.225 e. The van der Waals surface area contributed by atoms with Crippen molar-refractivity contribution in [1.82, 2.24) is 4.90 Å². The molecule has 0 aromatic heterocycles. The lowest BCUT2D eigenvalue weighted by atomic mass is 10.1. The zero-order chi connectivity index (χ0) is 11.0. The summed E-state index contributed by atoms with van der Waals surface area (Å²) in [6, 6.07) is 0. The fourth-order valence-corrected chi connectivity index (χ4v) is 1.48. The van der Waals surface area contributed by atoms with Crippen molar-refractivity contribution in [3.05, 3.63) is 0 Å². The van der Waals surface area contributed by atoms with Gasteiger partial charge < -0.3 is 9.64 Å². The van der Waals surface area contributed by atoms with Crippen molar-refractivity contribution in [3.63, 3.8) is 0 Å². The van der Waals surface area contributed by atoms with Gasteiger partial charge in [0.05, 0.1) is 0 Å². The highest BCUT2D eigenvalue weighted by Gasteiger charge is 2.18. The minimum atomic E-state index is 0.174. The topological polar surface area (TPSA) is 29.5 Å². The van der Waals surface area contributed by atoms with Crippen LogP contribution in [0.3, 0.4) is 0 Å². The van der Waals surface area contributed by atoms with Gasteiger partial charge in [0.1, 0.15) is 0 Å². The molecular formula is C11H23NO2. The fourth-order valence-electron chi connectivity index (χ4n) is 1.48. The number of ether oxygens (including phenoxy) is 1. The maximum atomic E-state index is 11.4. The number of hydrogen-bond acceptors (Lipinski definition) is 2. The second kappa shape index (κ2) is 7.80. The van der Waals surface area contributed by atoms with Crippen LogP contribution in [0.25, 0.3) is 0 Å². The molecule has 1 fully saturated rings. The van der Waals surface area contributed by atoms with Crippen LogP contribution < -0.4 is 0 Å². The Labute approximate surface area is 87.4 Å². The molecule has 0 radical (unpaired) electrons. The van der Waals surface area contributed by atoms with Gasteiger partial charge in [-0.1, -0.05) is 13.8 Å². The van der Waals surface area contributed by atoms with Gasteiger partial charge in [0.2, 0.25) is 5.91 Å². The predicted molar refractivity (Wildman–Crippen MR) is 58.2 cm³/mol. The van der Waals surface area contributed by atoms with E-state index in [4.69, 9.17) is 0 Å². The Kier molecular flexibility index (Phi) is 7.48. The van der Waals surface area contributed by atoms with E-state index in [2.05, 4.69) is 4.74 Å². The Balaban J connectivity index is 0.000000500. The smallest absolute Gasteiger partial charge is 0.225 e. The standard InChI is InChI=1S/C9H17NO.C2H6O/c1-8(2)9(11)10-6-4-3-5-7-10;1-3-2/h8H,3-7H2,1-2H3;1-2H3. The SMILES string of the molecule is CC(C)C(=O)N1CCCCC1.COC. The van der Waals surface area contributed by atoms with E-state index in [0.717, 1.165) is 13.1 Å². The normalized spacial score (nSPS) is 16.2. The summed E-state index contributed by atoms with van der Waals surface area (Å²) in [4.78, 5) is 13.4. The van der Waals surface area contributed by atoms with Crippen molar-refractivity contribution >= 4 is 5.91 Å². The third kappa shape index (κ3) is 5.22. The first-order chi connectivity index (χ1) is 6.63. The van der Waals surface area contributed by atoms with Crippen LogP contribution in [-0.2, 0) is 9.53 Å². The van der Waals surface area contributed by atoms with Crippen LogP contribution in [0.5, 0.6) is 0 Å². The number of methoxy groups -OCH3 is 1. The Morgan fingerprint density at radius 1 is 1.14 bits per heavy atom. The first kappa shape index (κ1) is 13.4. The van der Waals surface area contributed by atoms with E-state index >= 15 is 0 Å². The third-order valence-corrected chi connectivity index (χ3v) is 2.16. The monoisotopic (exact) mass is 201 g/mol. The number of hydrogen-bond donors (Lipinski definition) is 0. The largest absolute Gasteiger partial charge is 0.388 e. The fraction of sp³-hybridized carbons (Fsp3) is 0.909. The summed E-state index contributed by atoms with van der Waals surface area (Å²) >= 11 is 0. The van der Waals surface area contributed by atoms with E-state index in [9.17, 15) is 4.79 Å². The molecule has 3 nitrogen and oxygen atoms in total. The highest BCUT2D eigenvalue weighted by molar-refractivity contribution is 5.78. The van der Waals surface area contributed by atoms with Crippen LogP contribution in [0.1, 0.15) is 33.1 Å². The number of amides is 1. The zero-order valence-electron chi connectivity index (χ0n) is 9.88. The van der Waals surface area contributed by atoms with Gasteiger partial charge in [0.15, 0.2) is 0 Å². The van der Waals surface area contributed by atoms with Crippen molar-refractivity contribution in [3.8, 4) is 0 Å². The van der Waals surface area contributed by atoms with Gasteiger partial charge in [-0.15, -0.1) is 0 Å². The highest BCUT2D eigenvalue weighted by Crippen LogP contribution is 2.11. The summed E-state index contributed by atoms with van der Waals surface area (Å²) in [5.41, 5.74) is 0. The summed E-state index contributed by atoms with van der Waals surface area (Å²) < 4.78 is 4.25. The van der Waals surface area contributed by atoms with E-state index in [1.54, 1.807) is 14.2 Å². The first-order valence-corrected chi connectivity index (χ1v) is 5.32. The molecule has 1 saturated heterocycles. The number of rotatable bonds is 1. The van der Waals surface area contributed by atoms with Crippen LogP contribution in [0.4, 0.5) is 0 Å². The molecule has 0 aromatic rings.